The van der Waals surface area contributed by atoms with Crippen LogP contribution in [-0.4, -0.2) is 76.9 Å². The molecule has 0 spiro atoms. The van der Waals surface area contributed by atoms with Gasteiger partial charge < -0.3 is 18.9 Å². The molecule has 1 saturated heterocycles. The van der Waals surface area contributed by atoms with E-state index in [0.29, 0.717) is 31.2 Å². The molecule has 38 heavy (non-hydrogen) atoms. The SMILES string of the molecule is COc1ncnc(OC)c1-n1c(NS(=O)(=O)C(C)C(OC(C)C)c2ccc(C)cn2)nnc1[C@H]1CCOC1. The molecule has 1 N–H and O–H groups in total. The number of aryl methyl sites for hydroxylation is 1. The summed E-state index contributed by atoms with van der Waals surface area (Å²) in [4.78, 5) is 12.8. The smallest absolute Gasteiger partial charge is 0.245 e. The van der Waals surface area contributed by atoms with Crippen LogP contribution in [-0.2, 0) is 19.5 Å². The van der Waals surface area contributed by atoms with Crippen LogP contribution >= 0.6 is 0 Å². The van der Waals surface area contributed by atoms with E-state index in [2.05, 4.69) is 29.9 Å². The van der Waals surface area contributed by atoms with Crippen LogP contribution in [0.1, 0.15) is 56.3 Å². The van der Waals surface area contributed by atoms with Gasteiger partial charge in [-0.2, -0.15) is 9.97 Å². The highest BCUT2D eigenvalue weighted by Gasteiger charge is 2.36. The average molecular weight is 548 g/mol. The van der Waals surface area contributed by atoms with Gasteiger partial charge in [-0.15, -0.1) is 10.2 Å². The van der Waals surface area contributed by atoms with E-state index in [1.807, 2.05) is 26.8 Å². The van der Waals surface area contributed by atoms with Gasteiger partial charge in [-0.1, -0.05) is 6.07 Å². The third-order valence-corrected chi connectivity index (χ3v) is 7.84. The monoisotopic (exact) mass is 547 g/mol. The van der Waals surface area contributed by atoms with Crippen LogP contribution in [0.2, 0.25) is 0 Å². The van der Waals surface area contributed by atoms with E-state index < -0.39 is 21.4 Å². The Morgan fingerprint density at radius 3 is 2.34 bits per heavy atom. The number of methoxy groups -OCH3 is 2. The summed E-state index contributed by atoms with van der Waals surface area (Å²) in [5.74, 6) is 0.590. The molecule has 206 valence electrons. The topological polar surface area (TPSA) is 152 Å². The predicted octanol–water partition coefficient (Wildman–Crippen LogP) is 2.58. The van der Waals surface area contributed by atoms with Crippen molar-refractivity contribution in [3.05, 3.63) is 41.7 Å². The first-order chi connectivity index (χ1) is 18.2. The Bertz CT molecular complexity index is 1320. The van der Waals surface area contributed by atoms with Gasteiger partial charge in [-0.05, 0) is 45.7 Å². The number of pyridine rings is 1. The fourth-order valence-electron chi connectivity index (χ4n) is 4.17. The number of anilines is 1. The Labute approximate surface area is 222 Å². The standard InChI is InChI=1S/C24H33N7O6S/c1-14(2)37-20(18-8-7-15(3)11-25-18)16(4)38(32,33)30-24-29-28-21(17-9-10-36-12-17)31(24)19-22(34-5)26-13-27-23(19)35-6/h7-8,11,13-14,16-17,20H,9-10,12H2,1-6H3,(H,29,30)/t16?,17-,20?/m0/s1. The van der Waals surface area contributed by atoms with Gasteiger partial charge in [0.1, 0.15) is 23.5 Å². The van der Waals surface area contributed by atoms with Crippen LogP contribution in [0, 0.1) is 6.92 Å². The second kappa shape index (κ2) is 11.6. The van der Waals surface area contributed by atoms with E-state index in [-0.39, 0.29) is 35.4 Å². The molecule has 0 saturated carbocycles. The van der Waals surface area contributed by atoms with Gasteiger partial charge >= 0.3 is 0 Å². The summed E-state index contributed by atoms with van der Waals surface area (Å²) in [5, 5.41) is 7.49. The van der Waals surface area contributed by atoms with Gasteiger partial charge in [0.2, 0.25) is 27.7 Å². The van der Waals surface area contributed by atoms with Crippen molar-refractivity contribution >= 4 is 16.0 Å². The molecule has 3 aromatic heterocycles. The van der Waals surface area contributed by atoms with E-state index in [1.165, 1.54) is 25.1 Å². The molecule has 0 aliphatic carbocycles. The minimum Gasteiger partial charge on any atom is -0.479 e. The largest absolute Gasteiger partial charge is 0.479 e. The third kappa shape index (κ3) is 5.71. The summed E-state index contributed by atoms with van der Waals surface area (Å²) in [5.41, 5.74) is 1.73. The summed E-state index contributed by atoms with van der Waals surface area (Å²) in [7, 11) is -1.19. The zero-order valence-electron chi connectivity index (χ0n) is 22.3. The van der Waals surface area contributed by atoms with Gasteiger partial charge in [0.05, 0.1) is 32.6 Å². The van der Waals surface area contributed by atoms with Crippen LogP contribution < -0.4 is 14.2 Å². The van der Waals surface area contributed by atoms with Crippen molar-refractivity contribution in [2.45, 2.75) is 57.5 Å². The van der Waals surface area contributed by atoms with E-state index in [4.69, 9.17) is 18.9 Å². The molecule has 0 amide bonds. The predicted molar refractivity (Wildman–Crippen MR) is 138 cm³/mol. The zero-order valence-corrected chi connectivity index (χ0v) is 23.1. The Kier molecular flexibility index (Phi) is 8.43. The Morgan fingerprint density at radius 1 is 1.08 bits per heavy atom. The van der Waals surface area contributed by atoms with Crippen LogP contribution in [0.5, 0.6) is 11.8 Å². The fourth-order valence-corrected chi connectivity index (χ4v) is 5.27. The molecule has 13 nitrogen and oxygen atoms in total. The number of aromatic nitrogens is 6. The maximum absolute atomic E-state index is 13.8. The molecule has 1 aliphatic heterocycles. The Hall–Kier alpha value is -3.36. The third-order valence-electron chi connectivity index (χ3n) is 6.14. The van der Waals surface area contributed by atoms with Crippen molar-refractivity contribution in [3.8, 4) is 17.4 Å². The van der Waals surface area contributed by atoms with Crippen LogP contribution in [0.15, 0.2) is 24.7 Å². The van der Waals surface area contributed by atoms with E-state index in [0.717, 1.165) is 5.56 Å². The normalized spacial score (nSPS) is 17.4. The molecule has 1 aliphatic rings. The zero-order chi connectivity index (χ0) is 27.4. The lowest BCUT2D eigenvalue weighted by atomic mass is 10.1. The highest BCUT2D eigenvalue weighted by atomic mass is 32.2. The molecule has 0 radical (unpaired) electrons. The van der Waals surface area contributed by atoms with Crippen molar-refractivity contribution in [1.29, 1.82) is 0 Å². The molecule has 2 unspecified atom stereocenters. The summed E-state index contributed by atoms with van der Waals surface area (Å²) in [6.07, 6.45) is 2.57. The van der Waals surface area contributed by atoms with E-state index in [9.17, 15) is 8.42 Å². The average Bonchev–Trinajstić information content (AvgIpc) is 3.56. The molecule has 1 fully saturated rings. The van der Waals surface area contributed by atoms with Gasteiger partial charge in [-0.25, -0.2) is 8.42 Å². The lowest BCUT2D eigenvalue weighted by molar-refractivity contribution is 0.00416. The maximum Gasteiger partial charge on any atom is 0.245 e. The molecule has 3 aromatic rings. The number of ether oxygens (including phenoxy) is 4. The molecule has 4 rings (SSSR count). The molecular weight excluding hydrogens is 514 g/mol. The van der Waals surface area contributed by atoms with Crippen LogP contribution in [0.4, 0.5) is 5.95 Å². The number of hydrogen-bond acceptors (Lipinski definition) is 11. The van der Waals surface area contributed by atoms with Crippen molar-refractivity contribution in [2.24, 2.45) is 0 Å². The molecule has 0 aromatic carbocycles. The van der Waals surface area contributed by atoms with Crippen LogP contribution in [0.3, 0.4) is 0 Å². The molecule has 0 bridgehead atoms. The fraction of sp³-hybridized carbons (Fsp3) is 0.542. The number of rotatable bonds is 11. The molecule has 4 heterocycles. The van der Waals surface area contributed by atoms with E-state index >= 15 is 0 Å². The summed E-state index contributed by atoms with van der Waals surface area (Å²) in [6.45, 7) is 8.11. The number of sulfonamides is 1. The van der Waals surface area contributed by atoms with Gasteiger partial charge in [0.15, 0.2) is 5.69 Å². The summed E-state index contributed by atoms with van der Waals surface area (Å²) >= 11 is 0. The minimum atomic E-state index is -4.09. The number of hydrogen-bond donors (Lipinski definition) is 1. The van der Waals surface area contributed by atoms with Crippen LogP contribution in [0.25, 0.3) is 5.69 Å². The first-order valence-corrected chi connectivity index (χ1v) is 13.8. The lowest BCUT2D eigenvalue weighted by Gasteiger charge is -2.26. The maximum atomic E-state index is 13.8. The van der Waals surface area contributed by atoms with Crippen molar-refractivity contribution < 1.29 is 27.4 Å². The highest BCUT2D eigenvalue weighted by molar-refractivity contribution is 7.93. The Balaban J connectivity index is 1.78. The van der Waals surface area contributed by atoms with Crippen molar-refractivity contribution in [2.75, 3.05) is 32.2 Å². The quantitative estimate of drug-likeness (QED) is 0.377. The Morgan fingerprint density at radius 2 is 1.79 bits per heavy atom. The second-order valence-corrected chi connectivity index (χ2v) is 11.3. The van der Waals surface area contributed by atoms with Crippen molar-refractivity contribution in [1.82, 2.24) is 29.7 Å². The van der Waals surface area contributed by atoms with Gasteiger partial charge in [-0.3, -0.25) is 14.3 Å². The van der Waals surface area contributed by atoms with Gasteiger partial charge in [0.25, 0.3) is 0 Å². The molecular formula is C24H33N7O6S. The second-order valence-electron chi connectivity index (χ2n) is 9.24. The molecule has 3 atom stereocenters. The number of nitrogens with one attached hydrogen (secondary N) is 1. The molecule has 14 heteroatoms. The first kappa shape index (κ1) is 27.7. The summed E-state index contributed by atoms with van der Waals surface area (Å²) in [6, 6.07) is 3.64. The minimum absolute atomic E-state index is 0.0645. The van der Waals surface area contributed by atoms with E-state index in [1.54, 1.807) is 19.2 Å². The van der Waals surface area contributed by atoms with Crippen molar-refractivity contribution in [3.63, 3.8) is 0 Å². The highest BCUT2D eigenvalue weighted by Crippen LogP contribution is 2.36. The first-order valence-electron chi connectivity index (χ1n) is 12.2. The number of nitrogens with zero attached hydrogens (tertiary/aromatic N) is 6. The lowest BCUT2D eigenvalue weighted by Crippen LogP contribution is -2.34. The van der Waals surface area contributed by atoms with Gasteiger partial charge in [0, 0.05) is 18.7 Å². The summed E-state index contributed by atoms with van der Waals surface area (Å²) < 4.78 is 54.2.